The van der Waals surface area contributed by atoms with Gasteiger partial charge in [-0.25, -0.2) is 4.98 Å². The number of primary amides is 1. The van der Waals surface area contributed by atoms with Gasteiger partial charge >= 0.3 is 0 Å². The average Bonchev–Trinajstić information content (AvgIpc) is 3.00. The zero-order valence-corrected chi connectivity index (χ0v) is 13.6. The molecule has 8 nitrogen and oxygen atoms in total. The largest absolute Gasteiger partial charge is 0.441 e. The highest BCUT2D eigenvalue weighted by molar-refractivity contribution is 5.75. The molecule has 24 heavy (non-hydrogen) atoms. The van der Waals surface area contributed by atoms with Gasteiger partial charge in [-0.2, -0.15) is 0 Å². The molecule has 0 spiro atoms. The summed E-state index contributed by atoms with van der Waals surface area (Å²) in [4.78, 5) is 27.6. The first-order valence-electron chi connectivity index (χ1n) is 7.58. The van der Waals surface area contributed by atoms with Crippen LogP contribution in [-0.4, -0.2) is 39.8 Å². The number of hydrogen-bond donors (Lipinski definition) is 1. The van der Waals surface area contributed by atoms with Gasteiger partial charge in [0.15, 0.2) is 11.7 Å². The molecule has 0 saturated heterocycles. The Bertz CT molecular complexity index is 726. The highest BCUT2D eigenvalue weighted by Gasteiger charge is 2.15. The Labute approximate surface area is 139 Å². The molecule has 2 rings (SSSR count). The van der Waals surface area contributed by atoms with E-state index in [9.17, 15) is 14.9 Å². The molecule has 0 aliphatic rings. The van der Waals surface area contributed by atoms with Gasteiger partial charge in [-0.3, -0.25) is 19.8 Å². The van der Waals surface area contributed by atoms with Crippen LogP contribution in [0.25, 0.3) is 11.3 Å². The van der Waals surface area contributed by atoms with Crippen LogP contribution in [0.15, 0.2) is 34.9 Å². The molecule has 8 heteroatoms. The molecule has 0 bridgehead atoms. The summed E-state index contributed by atoms with van der Waals surface area (Å²) in [6, 6.07) is 6.36. The molecule has 2 aromatic rings. The number of nitro groups is 1. The standard InChI is InChI=1S/C16H20N4O4/c1-11(2)19(10-15(17)21)7-6-16-18-9-14(24-16)12-4-3-5-13(8-12)20(22)23/h3-5,8-9,11H,6-7,10H2,1-2H3,(H2,17,21). The van der Waals surface area contributed by atoms with E-state index < -0.39 is 4.92 Å². The second-order valence-electron chi connectivity index (χ2n) is 5.71. The van der Waals surface area contributed by atoms with Crippen LogP contribution >= 0.6 is 0 Å². The monoisotopic (exact) mass is 332 g/mol. The van der Waals surface area contributed by atoms with E-state index in [-0.39, 0.29) is 24.2 Å². The van der Waals surface area contributed by atoms with Crippen LogP contribution in [0.1, 0.15) is 19.7 Å². The zero-order chi connectivity index (χ0) is 17.7. The highest BCUT2D eigenvalue weighted by Crippen LogP contribution is 2.24. The summed E-state index contributed by atoms with van der Waals surface area (Å²) >= 11 is 0. The first kappa shape index (κ1) is 17.6. The summed E-state index contributed by atoms with van der Waals surface area (Å²) in [7, 11) is 0. The summed E-state index contributed by atoms with van der Waals surface area (Å²) in [6.07, 6.45) is 2.06. The molecule has 0 atom stereocenters. The van der Waals surface area contributed by atoms with E-state index in [0.29, 0.717) is 30.2 Å². The molecule has 0 aliphatic heterocycles. The third-order valence-corrected chi connectivity index (χ3v) is 3.60. The third-order valence-electron chi connectivity index (χ3n) is 3.60. The Balaban J connectivity index is 2.06. The van der Waals surface area contributed by atoms with E-state index >= 15 is 0 Å². The Morgan fingerprint density at radius 3 is 2.83 bits per heavy atom. The molecular formula is C16H20N4O4. The van der Waals surface area contributed by atoms with Crippen LogP contribution in [0, 0.1) is 10.1 Å². The number of non-ortho nitro benzene ring substituents is 1. The second-order valence-corrected chi connectivity index (χ2v) is 5.71. The number of carbonyl (C=O) groups excluding carboxylic acids is 1. The van der Waals surface area contributed by atoms with Crippen LogP contribution in [0.4, 0.5) is 5.69 Å². The predicted octanol–water partition coefficient (Wildman–Crippen LogP) is 1.99. The van der Waals surface area contributed by atoms with Crippen molar-refractivity contribution in [3.63, 3.8) is 0 Å². The molecule has 0 unspecified atom stereocenters. The van der Waals surface area contributed by atoms with Crippen molar-refractivity contribution in [2.24, 2.45) is 5.73 Å². The minimum Gasteiger partial charge on any atom is -0.441 e. The summed E-state index contributed by atoms with van der Waals surface area (Å²) in [5.74, 6) is 0.597. The fraction of sp³-hybridized carbons (Fsp3) is 0.375. The van der Waals surface area contributed by atoms with Gasteiger partial charge in [0.25, 0.3) is 5.69 Å². The van der Waals surface area contributed by atoms with E-state index in [4.69, 9.17) is 10.2 Å². The van der Waals surface area contributed by atoms with Crippen molar-refractivity contribution >= 4 is 11.6 Å². The Kier molecular flexibility index (Phi) is 5.64. The van der Waals surface area contributed by atoms with Gasteiger partial charge < -0.3 is 10.2 Å². The topological polar surface area (TPSA) is 116 Å². The number of hydrogen-bond acceptors (Lipinski definition) is 6. The molecule has 1 amide bonds. The van der Waals surface area contributed by atoms with Crippen molar-refractivity contribution in [1.29, 1.82) is 0 Å². The number of nitro benzene ring substituents is 1. The lowest BCUT2D eigenvalue weighted by Crippen LogP contribution is -2.39. The molecular weight excluding hydrogens is 312 g/mol. The van der Waals surface area contributed by atoms with Crippen molar-refractivity contribution in [2.45, 2.75) is 26.3 Å². The Morgan fingerprint density at radius 2 is 2.21 bits per heavy atom. The predicted molar refractivity (Wildman–Crippen MR) is 88.2 cm³/mol. The number of oxazole rings is 1. The molecule has 2 N–H and O–H groups in total. The Morgan fingerprint density at radius 1 is 1.46 bits per heavy atom. The van der Waals surface area contributed by atoms with E-state index in [1.165, 1.54) is 12.1 Å². The maximum Gasteiger partial charge on any atom is 0.270 e. The van der Waals surface area contributed by atoms with Crippen molar-refractivity contribution < 1.29 is 14.1 Å². The quantitative estimate of drug-likeness (QED) is 0.584. The molecule has 128 valence electrons. The number of nitrogens with two attached hydrogens (primary N) is 1. The molecule has 0 fully saturated rings. The number of nitrogens with zero attached hydrogens (tertiary/aromatic N) is 3. The fourth-order valence-corrected chi connectivity index (χ4v) is 2.29. The summed E-state index contributed by atoms with van der Waals surface area (Å²) < 4.78 is 5.66. The maximum atomic E-state index is 11.1. The van der Waals surface area contributed by atoms with Gasteiger partial charge in [0.05, 0.1) is 17.7 Å². The number of amides is 1. The van der Waals surface area contributed by atoms with Gasteiger partial charge in [-0.1, -0.05) is 12.1 Å². The molecule has 0 radical (unpaired) electrons. The molecule has 1 aromatic carbocycles. The van der Waals surface area contributed by atoms with Crippen LogP contribution in [0.2, 0.25) is 0 Å². The molecule has 0 aliphatic carbocycles. The smallest absolute Gasteiger partial charge is 0.270 e. The number of benzene rings is 1. The van der Waals surface area contributed by atoms with E-state index in [2.05, 4.69) is 4.98 Å². The minimum absolute atomic E-state index is 0.00195. The van der Waals surface area contributed by atoms with E-state index in [0.717, 1.165) is 0 Å². The van der Waals surface area contributed by atoms with Crippen molar-refractivity contribution in [3.8, 4) is 11.3 Å². The van der Waals surface area contributed by atoms with E-state index in [1.807, 2.05) is 18.7 Å². The van der Waals surface area contributed by atoms with Crippen LogP contribution < -0.4 is 5.73 Å². The van der Waals surface area contributed by atoms with Crippen LogP contribution in [0.3, 0.4) is 0 Å². The van der Waals surface area contributed by atoms with Crippen molar-refractivity contribution in [1.82, 2.24) is 9.88 Å². The number of rotatable bonds is 8. The van der Waals surface area contributed by atoms with Crippen molar-refractivity contribution in [3.05, 3.63) is 46.5 Å². The second kappa shape index (κ2) is 7.69. The van der Waals surface area contributed by atoms with Crippen LogP contribution in [0.5, 0.6) is 0 Å². The summed E-state index contributed by atoms with van der Waals surface area (Å²) in [5, 5.41) is 10.8. The lowest BCUT2D eigenvalue weighted by atomic mass is 10.2. The summed E-state index contributed by atoms with van der Waals surface area (Å²) in [5.41, 5.74) is 5.84. The minimum atomic E-state index is -0.453. The number of carbonyl (C=O) groups is 1. The van der Waals surface area contributed by atoms with Gasteiger partial charge in [0.1, 0.15) is 0 Å². The SMILES string of the molecule is CC(C)N(CCc1ncc(-c2cccc([N+](=O)[O-])c2)o1)CC(N)=O. The molecule has 1 heterocycles. The van der Waals surface area contributed by atoms with Gasteiger partial charge in [0, 0.05) is 36.7 Å². The summed E-state index contributed by atoms with van der Waals surface area (Å²) in [6.45, 7) is 4.71. The first-order chi connectivity index (χ1) is 11.4. The molecule has 0 saturated carbocycles. The highest BCUT2D eigenvalue weighted by atomic mass is 16.6. The van der Waals surface area contributed by atoms with Gasteiger partial charge in [0.2, 0.25) is 5.91 Å². The first-order valence-corrected chi connectivity index (χ1v) is 7.58. The van der Waals surface area contributed by atoms with E-state index in [1.54, 1.807) is 18.3 Å². The van der Waals surface area contributed by atoms with Crippen molar-refractivity contribution in [2.75, 3.05) is 13.1 Å². The molecule has 1 aromatic heterocycles. The fourth-order valence-electron chi connectivity index (χ4n) is 2.29. The lowest BCUT2D eigenvalue weighted by molar-refractivity contribution is -0.384. The van der Waals surface area contributed by atoms with Gasteiger partial charge in [-0.05, 0) is 13.8 Å². The van der Waals surface area contributed by atoms with Crippen LogP contribution in [-0.2, 0) is 11.2 Å². The average molecular weight is 332 g/mol. The maximum absolute atomic E-state index is 11.1. The Hall–Kier alpha value is -2.74. The number of aromatic nitrogens is 1. The van der Waals surface area contributed by atoms with Gasteiger partial charge in [-0.15, -0.1) is 0 Å². The normalized spacial score (nSPS) is 11.2. The zero-order valence-electron chi connectivity index (χ0n) is 13.6. The lowest BCUT2D eigenvalue weighted by Gasteiger charge is -2.24. The third kappa shape index (κ3) is 4.63.